The Kier molecular flexibility index (Phi) is 1.62. The van der Waals surface area contributed by atoms with E-state index in [1.54, 1.807) is 6.92 Å². The van der Waals surface area contributed by atoms with Crippen LogP contribution in [0.4, 0.5) is 0 Å². The van der Waals surface area contributed by atoms with Gasteiger partial charge in [0, 0.05) is 6.21 Å². The molecule has 1 heterocycles. The molecule has 1 atom stereocenters. The lowest BCUT2D eigenvalue weighted by atomic mass is 10.4. The highest BCUT2D eigenvalue weighted by atomic mass is 35.5. The van der Waals surface area contributed by atoms with Gasteiger partial charge in [-0.25, -0.2) is 4.99 Å². The second kappa shape index (κ2) is 2.27. The zero-order valence-electron chi connectivity index (χ0n) is 4.84. The Morgan fingerprint density at radius 1 is 1.78 bits per heavy atom. The van der Waals surface area contributed by atoms with Gasteiger partial charge in [-0.3, -0.25) is 4.79 Å². The third-order valence-electron chi connectivity index (χ3n) is 0.900. The molecule has 1 aliphatic heterocycles. The van der Waals surface area contributed by atoms with E-state index in [9.17, 15) is 4.79 Å². The SMILES string of the molecule is CC1=NC(=O)C(Cl)C=N1. The highest BCUT2D eigenvalue weighted by Gasteiger charge is 2.14. The molecule has 0 saturated heterocycles. The summed E-state index contributed by atoms with van der Waals surface area (Å²) in [5, 5.41) is -0.659. The summed E-state index contributed by atoms with van der Waals surface area (Å²) in [4.78, 5) is 17.8. The van der Waals surface area contributed by atoms with E-state index in [0.29, 0.717) is 5.84 Å². The van der Waals surface area contributed by atoms with Gasteiger partial charge in [-0.15, -0.1) is 11.6 Å². The normalized spacial score (nSPS) is 26.2. The molecule has 0 bridgehead atoms. The first kappa shape index (κ1) is 6.42. The fourth-order valence-corrected chi connectivity index (χ4v) is 0.592. The van der Waals surface area contributed by atoms with Crippen LogP contribution in [0.2, 0.25) is 0 Å². The van der Waals surface area contributed by atoms with E-state index in [2.05, 4.69) is 9.98 Å². The highest BCUT2D eigenvalue weighted by Crippen LogP contribution is 2.01. The maximum atomic E-state index is 10.6. The standard InChI is InChI=1S/C5H5ClN2O/c1-3-7-2-4(6)5(9)8-3/h2,4H,1H3. The second-order valence-corrected chi connectivity index (χ2v) is 2.15. The smallest absolute Gasteiger partial charge is 0.270 e. The van der Waals surface area contributed by atoms with Crippen LogP contribution < -0.4 is 0 Å². The number of amides is 1. The van der Waals surface area contributed by atoms with Crippen LogP contribution in [0, 0.1) is 0 Å². The van der Waals surface area contributed by atoms with Crippen LogP contribution in [0.25, 0.3) is 0 Å². The predicted molar refractivity (Wildman–Crippen MR) is 36.2 cm³/mol. The molecule has 0 spiro atoms. The van der Waals surface area contributed by atoms with Gasteiger partial charge in [0.25, 0.3) is 5.91 Å². The van der Waals surface area contributed by atoms with E-state index < -0.39 is 5.38 Å². The molecule has 3 nitrogen and oxygen atoms in total. The predicted octanol–water partition coefficient (Wildman–Crippen LogP) is 0.623. The van der Waals surface area contributed by atoms with Crippen LogP contribution in [0.5, 0.6) is 0 Å². The Morgan fingerprint density at radius 3 is 2.89 bits per heavy atom. The van der Waals surface area contributed by atoms with Gasteiger partial charge in [-0.05, 0) is 6.92 Å². The van der Waals surface area contributed by atoms with E-state index in [-0.39, 0.29) is 5.91 Å². The van der Waals surface area contributed by atoms with Gasteiger partial charge >= 0.3 is 0 Å². The summed E-state index contributed by atoms with van der Waals surface area (Å²) < 4.78 is 0. The van der Waals surface area contributed by atoms with Crippen molar-refractivity contribution >= 4 is 29.6 Å². The summed E-state index contributed by atoms with van der Waals surface area (Å²) in [6.45, 7) is 1.65. The molecule has 1 aliphatic rings. The van der Waals surface area contributed by atoms with Crippen molar-refractivity contribution in [2.75, 3.05) is 0 Å². The Bertz CT molecular complexity index is 197. The van der Waals surface area contributed by atoms with Gasteiger partial charge in [-0.2, -0.15) is 4.99 Å². The molecule has 0 aliphatic carbocycles. The summed E-state index contributed by atoms with van der Waals surface area (Å²) in [6, 6.07) is 0. The number of alkyl halides is 1. The molecule has 0 aromatic carbocycles. The van der Waals surface area contributed by atoms with Gasteiger partial charge in [0.2, 0.25) is 0 Å². The average molecular weight is 145 g/mol. The third-order valence-corrected chi connectivity index (χ3v) is 1.20. The largest absolute Gasteiger partial charge is 0.270 e. The first-order valence-electron chi connectivity index (χ1n) is 2.47. The average Bonchev–Trinajstić information content (AvgIpc) is 1.80. The Balaban J connectivity index is 2.82. The number of carbonyl (C=O) groups is 1. The molecule has 0 N–H and O–H groups in total. The number of aliphatic imine (C=N–C) groups is 2. The molecule has 1 rings (SSSR count). The van der Waals surface area contributed by atoms with Crippen molar-refractivity contribution in [1.29, 1.82) is 0 Å². The molecule has 9 heavy (non-hydrogen) atoms. The van der Waals surface area contributed by atoms with Crippen molar-refractivity contribution in [2.45, 2.75) is 12.3 Å². The maximum Gasteiger partial charge on any atom is 0.270 e. The summed E-state index contributed by atoms with van der Waals surface area (Å²) in [7, 11) is 0. The number of hydrogen-bond donors (Lipinski definition) is 0. The Labute approximate surface area is 57.4 Å². The first-order chi connectivity index (χ1) is 4.20. The van der Waals surface area contributed by atoms with Crippen LogP contribution >= 0.6 is 11.6 Å². The number of carbonyl (C=O) groups excluding carboxylic acids is 1. The van der Waals surface area contributed by atoms with Crippen molar-refractivity contribution in [2.24, 2.45) is 9.98 Å². The number of amidine groups is 1. The molecule has 4 heteroatoms. The molecule has 48 valence electrons. The van der Waals surface area contributed by atoms with Crippen LogP contribution in [0.15, 0.2) is 9.98 Å². The van der Waals surface area contributed by atoms with Crippen LogP contribution in [0.1, 0.15) is 6.92 Å². The van der Waals surface area contributed by atoms with Crippen molar-refractivity contribution in [3.05, 3.63) is 0 Å². The molecular weight excluding hydrogens is 140 g/mol. The van der Waals surface area contributed by atoms with Crippen molar-refractivity contribution in [1.82, 2.24) is 0 Å². The summed E-state index contributed by atoms with van der Waals surface area (Å²) in [6.07, 6.45) is 1.38. The van der Waals surface area contributed by atoms with E-state index >= 15 is 0 Å². The van der Waals surface area contributed by atoms with Crippen molar-refractivity contribution in [3.63, 3.8) is 0 Å². The molecule has 0 aromatic heterocycles. The number of halogens is 1. The van der Waals surface area contributed by atoms with Crippen LogP contribution in [0.3, 0.4) is 0 Å². The monoisotopic (exact) mass is 144 g/mol. The minimum Gasteiger partial charge on any atom is -0.270 e. The lowest BCUT2D eigenvalue weighted by molar-refractivity contribution is -0.116. The van der Waals surface area contributed by atoms with Crippen LogP contribution in [-0.2, 0) is 4.79 Å². The topological polar surface area (TPSA) is 41.8 Å². The lowest BCUT2D eigenvalue weighted by Crippen LogP contribution is -2.19. The van der Waals surface area contributed by atoms with Gasteiger partial charge in [0.15, 0.2) is 0 Å². The fraction of sp³-hybridized carbons (Fsp3) is 0.400. The van der Waals surface area contributed by atoms with Gasteiger partial charge < -0.3 is 0 Å². The van der Waals surface area contributed by atoms with E-state index in [1.807, 2.05) is 0 Å². The van der Waals surface area contributed by atoms with Crippen molar-refractivity contribution < 1.29 is 4.79 Å². The number of hydrogen-bond acceptors (Lipinski definition) is 2. The molecule has 1 unspecified atom stereocenters. The number of nitrogens with zero attached hydrogens (tertiary/aromatic N) is 2. The third kappa shape index (κ3) is 1.36. The highest BCUT2D eigenvalue weighted by molar-refractivity contribution is 6.41. The van der Waals surface area contributed by atoms with E-state index in [0.717, 1.165) is 0 Å². The minimum atomic E-state index is -0.659. The fourth-order valence-electron chi connectivity index (χ4n) is 0.487. The van der Waals surface area contributed by atoms with E-state index in [4.69, 9.17) is 11.6 Å². The van der Waals surface area contributed by atoms with Gasteiger partial charge in [0.05, 0.1) is 0 Å². The summed E-state index contributed by atoms with van der Waals surface area (Å²) in [5.74, 6) is 0.140. The minimum absolute atomic E-state index is 0.329. The van der Waals surface area contributed by atoms with Crippen molar-refractivity contribution in [3.8, 4) is 0 Å². The molecule has 0 saturated carbocycles. The second-order valence-electron chi connectivity index (χ2n) is 1.68. The zero-order valence-corrected chi connectivity index (χ0v) is 5.59. The Hall–Kier alpha value is -0.700. The lowest BCUT2D eigenvalue weighted by Gasteiger charge is -2.02. The van der Waals surface area contributed by atoms with E-state index in [1.165, 1.54) is 6.21 Å². The summed E-state index contributed by atoms with van der Waals surface area (Å²) >= 11 is 5.43. The molecule has 0 aromatic rings. The van der Waals surface area contributed by atoms with Gasteiger partial charge in [0.1, 0.15) is 11.2 Å². The molecular formula is C5H5ClN2O. The number of rotatable bonds is 0. The first-order valence-corrected chi connectivity index (χ1v) is 2.91. The Morgan fingerprint density at radius 2 is 2.44 bits per heavy atom. The molecule has 0 fully saturated rings. The van der Waals surface area contributed by atoms with Crippen LogP contribution in [-0.4, -0.2) is 23.3 Å². The zero-order chi connectivity index (χ0) is 6.85. The maximum absolute atomic E-state index is 10.6. The molecule has 1 amide bonds. The molecule has 0 radical (unpaired) electrons. The summed E-state index contributed by atoms with van der Waals surface area (Å²) in [5.41, 5.74) is 0. The quantitative estimate of drug-likeness (QED) is 0.460. The van der Waals surface area contributed by atoms with Gasteiger partial charge in [-0.1, -0.05) is 0 Å².